The SMILES string of the molecule is C#CCC(NN)C1CCS(=O)(=O)C1. The summed E-state index contributed by atoms with van der Waals surface area (Å²) in [4.78, 5) is 0. The number of nitrogens with two attached hydrogens (primary N) is 1. The molecule has 13 heavy (non-hydrogen) atoms. The molecule has 1 aliphatic heterocycles. The highest BCUT2D eigenvalue weighted by Gasteiger charge is 2.32. The molecule has 0 aromatic carbocycles. The molecule has 1 fully saturated rings. The number of sulfone groups is 1. The molecule has 1 saturated heterocycles. The second-order valence-corrected chi connectivity index (χ2v) is 5.57. The predicted octanol–water partition coefficient (Wildman–Crippen LogP) is -0.724. The van der Waals surface area contributed by atoms with E-state index in [0.29, 0.717) is 12.8 Å². The van der Waals surface area contributed by atoms with Crippen molar-refractivity contribution in [2.45, 2.75) is 18.9 Å². The fraction of sp³-hybridized carbons (Fsp3) is 0.750. The van der Waals surface area contributed by atoms with Gasteiger partial charge in [0, 0.05) is 12.5 Å². The first kappa shape index (κ1) is 10.5. The summed E-state index contributed by atoms with van der Waals surface area (Å²) in [5.74, 6) is 8.32. The van der Waals surface area contributed by atoms with Gasteiger partial charge in [-0.05, 0) is 12.3 Å². The largest absolute Gasteiger partial charge is 0.271 e. The quantitative estimate of drug-likeness (QED) is 0.360. The maximum absolute atomic E-state index is 11.1. The van der Waals surface area contributed by atoms with Gasteiger partial charge in [-0.2, -0.15) is 0 Å². The van der Waals surface area contributed by atoms with Crippen molar-refractivity contribution in [1.29, 1.82) is 0 Å². The van der Waals surface area contributed by atoms with Crippen molar-refractivity contribution in [1.82, 2.24) is 5.43 Å². The van der Waals surface area contributed by atoms with Gasteiger partial charge in [0.15, 0.2) is 9.84 Å². The third-order valence-electron chi connectivity index (χ3n) is 2.39. The standard InChI is InChI=1S/C8H14N2O2S/c1-2-3-8(10-9)7-4-5-13(11,12)6-7/h1,7-8,10H,3-6,9H2. The maximum atomic E-state index is 11.1. The Hall–Kier alpha value is -0.570. The lowest BCUT2D eigenvalue weighted by atomic mass is 9.97. The Bertz CT molecular complexity index is 305. The van der Waals surface area contributed by atoms with Crippen molar-refractivity contribution in [3.63, 3.8) is 0 Å². The first-order valence-corrected chi connectivity index (χ1v) is 6.01. The summed E-state index contributed by atoms with van der Waals surface area (Å²) < 4.78 is 22.3. The molecule has 74 valence electrons. The monoisotopic (exact) mass is 202 g/mol. The second kappa shape index (κ2) is 4.09. The number of nitrogens with one attached hydrogen (secondary N) is 1. The molecule has 1 heterocycles. The maximum Gasteiger partial charge on any atom is 0.150 e. The number of hydrogen-bond donors (Lipinski definition) is 2. The van der Waals surface area contributed by atoms with E-state index in [-0.39, 0.29) is 23.5 Å². The van der Waals surface area contributed by atoms with Gasteiger partial charge in [-0.1, -0.05) is 0 Å². The number of rotatable bonds is 3. The van der Waals surface area contributed by atoms with E-state index < -0.39 is 9.84 Å². The molecule has 0 radical (unpaired) electrons. The molecule has 1 rings (SSSR count). The number of hydrogen-bond acceptors (Lipinski definition) is 4. The van der Waals surface area contributed by atoms with Crippen LogP contribution in [0.1, 0.15) is 12.8 Å². The van der Waals surface area contributed by atoms with Crippen molar-refractivity contribution < 1.29 is 8.42 Å². The summed E-state index contributed by atoms with van der Waals surface area (Å²) in [6.07, 6.45) is 6.29. The molecule has 0 aliphatic carbocycles. The van der Waals surface area contributed by atoms with Crippen LogP contribution in [-0.4, -0.2) is 26.0 Å². The topological polar surface area (TPSA) is 72.2 Å². The molecule has 0 aromatic heterocycles. The van der Waals surface area contributed by atoms with Gasteiger partial charge in [-0.3, -0.25) is 11.3 Å². The molecule has 0 amide bonds. The van der Waals surface area contributed by atoms with Crippen LogP contribution < -0.4 is 11.3 Å². The van der Waals surface area contributed by atoms with Gasteiger partial charge in [0.2, 0.25) is 0 Å². The zero-order valence-electron chi connectivity index (χ0n) is 7.36. The minimum atomic E-state index is -2.83. The van der Waals surface area contributed by atoms with Crippen molar-refractivity contribution in [3.8, 4) is 12.3 Å². The van der Waals surface area contributed by atoms with Gasteiger partial charge in [0.05, 0.1) is 11.5 Å². The highest BCUT2D eigenvalue weighted by molar-refractivity contribution is 7.91. The lowest BCUT2D eigenvalue weighted by Gasteiger charge is -2.18. The fourth-order valence-corrected chi connectivity index (χ4v) is 3.51. The summed E-state index contributed by atoms with van der Waals surface area (Å²) in [7, 11) is -2.83. The van der Waals surface area contributed by atoms with Crippen molar-refractivity contribution >= 4 is 9.84 Å². The molecule has 0 spiro atoms. The average Bonchev–Trinajstić information content (AvgIpc) is 2.42. The normalized spacial score (nSPS) is 28.2. The first-order valence-electron chi connectivity index (χ1n) is 4.19. The highest BCUT2D eigenvalue weighted by atomic mass is 32.2. The molecule has 2 unspecified atom stereocenters. The van der Waals surface area contributed by atoms with Crippen LogP contribution in [0, 0.1) is 18.3 Å². The van der Waals surface area contributed by atoms with Gasteiger partial charge in [-0.15, -0.1) is 12.3 Å². The van der Waals surface area contributed by atoms with Crippen molar-refractivity contribution in [3.05, 3.63) is 0 Å². The molecule has 5 heteroatoms. The summed E-state index contributed by atoms with van der Waals surface area (Å²) >= 11 is 0. The second-order valence-electron chi connectivity index (χ2n) is 3.34. The molecular formula is C8H14N2O2S. The third-order valence-corrected chi connectivity index (χ3v) is 4.18. The Labute approximate surface area is 78.8 Å². The van der Waals surface area contributed by atoms with Gasteiger partial charge >= 0.3 is 0 Å². The van der Waals surface area contributed by atoms with Gasteiger partial charge in [0.1, 0.15) is 0 Å². The van der Waals surface area contributed by atoms with Crippen LogP contribution in [0.5, 0.6) is 0 Å². The molecule has 0 aromatic rings. The number of terminal acetylenes is 1. The fourth-order valence-electron chi connectivity index (χ4n) is 1.63. The van der Waals surface area contributed by atoms with Crippen LogP contribution >= 0.6 is 0 Å². The summed E-state index contributed by atoms with van der Waals surface area (Å²) in [6, 6.07) is -0.0673. The molecule has 0 bridgehead atoms. The molecule has 1 aliphatic rings. The van der Waals surface area contributed by atoms with E-state index >= 15 is 0 Å². The Balaban J connectivity index is 2.59. The van der Waals surface area contributed by atoms with E-state index in [0.717, 1.165) is 0 Å². The van der Waals surface area contributed by atoms with Crippen LogP contribution in [0.15, 0.2) is 0 Å². The van der Waals surface area contributed by atoms with E-state index in [9.17, 15) is 8.42 Å². The Kier molecular flexibility index (Phi) is 3.31. The van der Waals surface area contributed by atoms with Crippen LogP contribution in [0.4, 0.5) is 0 Å². The molecule has 3 N–H and O–H groups in total. The van der Waals surface area contributed by atoms with Crippen LogP contribution in [0.3, 0.4) is 0 Å². The van der Waals surface area contributed by atoms with Gasteiger partial charge in [0.25, 0.3) is 0 Å². The Morgan fingerprint density at radius 2 is 2.38 bits per heavy atom. The molecule has 2 atom stereocenters. The lowest BCUT2D eigenvalue weighted by Crippen LogP contribution is -2.41. The minimum absolute atomic E-state index is 0.0673. The predicted molar refractivity (Wildman–Crippen MR) is 51.3 cm³/mol. The zero-order chi connectivity index (χ0) is 9.90. The van der Waals surface area contributed by atoms with Gasteiger partial charge < -0.3 is 0 Å². The molecule has 0 saturated carbocycles. The summed E-state index contributed by atoms with van der Waals surface area (Å²) in [6.45, 7) is 0. The molecular weight excluding hydrogens is 188 g/mol. The molecule has 4 nitrogen and oxygen atoms in total. The lowest BCUT2D eigenvalue weighted by molar-refractivity contribution is 0.394. The number of hydrazine groups is 1. The van der Waals surface area contributed by atoms with Crippen LogP contribution in [-0.2, 0) is 9.84 Å². The Morgan fingerprint density at radius 3 is 2.77 bits per heavy atom. The van der Waals surface area contributed by atoms with Gasteiger partial charge in [-0.25, -0.2) is 8.42 Å². The van der Waals surface area contributed by atoms with E-state index in [4.69, 9.17) is 12.3 Å². The van der Waals surface area contributed by atoms with E-state index in [1.807, 2.05) is 0 Å². The summed E-state index contributed by atoms with van der Waals surface area (Å²) in [5.41, 5.74) is 2.58. The van der Waals surface area contributed by atoms with Crippen LogP contribution in [0.2, 0.25) is 0 Å². The van der Waals surface area contributed by atoms with E-state index in [1.54, 1.807) is 0 Å². The third kappa shape index (κ3) is 2.69. The van der Waals surface area contributed by atoms with Crippen LogP contribution in [0.25, 0.3) is 0 Å². The average molecular weight is 202 g/mol. The summed E-state index contributed by atoms with van der Waals surface area (Å²) in [5, 5.41) is 0. The van der Waals surface area contributed by atoms with E-state index in [1.165, 1.54) is 0 Å². The highest BCUT2D eigenvalue weighted by Crippen LogP contribution is 2.22. The van der Waals surface area contributed by atoms with Crippen molar-refractivity contribution in [2.75, 3.05) is 11.5 Å². The zero-order valence-corrected chi connectivity index (χ0v) is 8.18. The van der Waals surface area contributed by atoms with E-state index in [2.05, 4.69) is 11.3 Å². The minimum Gasteiger partial charge on any atom is -0.271 e. The first-order chi connectivity index (χ1) is 6.09. The smallest absolute Gasteiger partial charge is 0.150 e. The Morgan fingerprint density at radius 1 is 1.69 bits per heavy atom. The van der Waals surface area contributed by atoms with Crippen molar-refractivity contribution in [2.24, 2.45) is 11.8 Å².